The van der Waals surface area contributed by atoms with Gasteiger partial charge in [0, 0.05) is 30.4 Å². The van der Waals surface area contributed by atoms with E-state index in [1.54, 1.807) is 0 Å². The number of fused-ring (bicyclic) bond motifs is 2. The van der Waals surface area contributed by atoms with Gasteiger partial charge in [-0.15, -0.1) is 0 Å². The highest BCUT2D eigenvalue weighted by atomic mass is 15.4. The second-order valence-corrected chi connectivity index (χ2v) is 4.04. The van der Waals surface area contributed by atoms with E-state index in [1.165, 1.54) is 16.1 Å². The van der Waals surface area contributed by atoms with E-state index >= 15 is 0 Å². The molecule has 1 saturated heterocycles. The molecule has 0 radical (unpaired) electrons. The molecule has 0 saturated carbocycles. The molecule has 78 valence electrons. The van der Waals surface area contributed by atoms with Gasteiger partial charge in [0.15, 0.2) is 0 Å². The van der Waals surface area contributed by atoms with Crippen molar-refractivity contribution in [1.82, 2.24) is 10.2 Å². The van der Waals surface area contributed by atoms with Gasteiger partial charge in [-0.05, 0) is 5.22 Å². The Morgan fingerprint density at radius 1 is 1.33 bits per heavy atom. The zero-order valence-electron chi connectivity index (χ0n) is 8.61. The zero-order valence-corrected chi connectivity index (χ0v) is 8.61. The number of benzene rings is 1. The van der Waals surface area contributed by atoms with Crippen LogP contribution in [0, 0.1) is 0 Å². The third kappa shape index (κ3) is 1.35. The highest BCUT2D eigenvalue weighted by Crippen LogP contribution is 2.15. The molecular formula is C12H15N3. The summed E-state index contributed by atoms with van der Waals surface area (Å²) in [5.41, 5.74) is 7.41. The molecule has 3 rings (SSSR count). The fourth-order valence-corrected chi connectivity index (χ4v) is 2.41. The van der Waals surface area contributed by atoms with Crippen LogP contribution in [0.25, 0.3) is 11.8 Å². The maximum atomic E-state index is 6.02. The van der Waals surface area contributed by atoms with Crippen molar-refractivity contribution in [3.63, 3.8) is 0 Å². The molecule has 1 atom stereocenters. The number of nitrogens with zero attached hydrogens (tertiary/aromatic N) is 1. The molecule has 0 spiro atoms. The minimum Gasteiger partial charge on any atom is -0.343 e. The van der Waals surface area contributed by atoms with Crippen LogP contribution in [0.1, 0.15) is 6.42 Å². The third-order valence-corrected chi connectivity index (χ3v) is 3.18. The van der Waals surface area contributed by atoms with E-state index < -0.39 is 0 Å². The molecule has 0 bridgehead atoms. The summed E-state index contributed by atoms with van der Waals surface area (Å²) in [7, 11) is 0. The lowest BCUT2D eigenvalue weighted by molar-refractivity contribution is 0.244. The lowest BCUT2D eigenvalue weighted by Crippen LogP contribution is -2.58. The van der Waals surface area contributed by atoms with Crippen LogP contribution in [0.2, 0.25) is 0 Å². The van der Waals surface area contributed by atoms with Gasteiger partial charge in [0.1, 0.15) is 6.29 Å². The van der Waals surface area contributed by atoms with Gasteiger partial charge in [-0.1, -0.05) is 30.3 Å². The Morgan fingerprint density at radius 2 is 2.20 bits per heavy atom. The fourth-order valence-electron chi connectivity index (χ4n) is 2.41. The molecule has 0 aromatic heterocycles. The molecular weight excluding hydrogens is 186 g/mol. The van der Waals surface area contributed by atoms with Crippen LogP contribution in [-0.2, 0) is 0 Å². The van der Waals surface area contributed by atoms with Crippen molar-refractivity contribution >= 4 is 11.8 Å². The Labute approximate surface area is 88.9 Å². The summed E-state index contributed by atoms with van der Waals surface area (Å²) in [6, 6.07) is 8.54. The summed E-state index contributed by atoms with van der Waals surface area (Å²) in [6.45, 7) is 1.89. The van der Waals surface area contributed by atoms with E-state index in [4.69, 9.17) is 5.73 Å². The largest absolute Gasteiger partial charge is 0.343 e. The first-order valence-corrected chi connectivity index (χ1v) is 5.40. The van der Waals surface area contributed by atoms with Crippen molar-refractivity contribution < 1.29 is 0 Å². The molecule has 2 aliphatic rings. The van der Waals surface area contributed by atoms with E-state index in [1.807, 2.05) is 0 Å². The number of nitrogens with one attached hydrogen (secondary N) is 1. The Hall–Kier alpha value is -1.32. The SMILES string of the molecule is NC1NCCC2=c3ccccc3=CCN21. The summed E-state index contributed by atoms with van der Waals surface area (Å²) in [6.07, 6.45) is 3.28. The van der Waals surface area contributed by atoms with Crippen LogP contribution in [0.4, 0.5) is 0 Å². The van der Waals surface area contributed by atoms with E-state index in [2.05, 4.69) is 40.6 Å². The Kier molecular flexibility index (Phi) is 2.01. The highest BCUT2D eigenvalue weighted by molar-refractivity contribution is 5.51. The predicted molar refractivity (Wildman–Crippen MR) is 60.9 cm³/mol. The van der Waals surface area contributed by atoms with Crippen LogP contribution in [0.3, 0.4) is 0 Å². The van der Waals surface area contributed by atoms with Crippen LogP contribution in [0.5, 0.6) is 0 Å². The van der Waals surface area contributed by atoms with Crippen molar-refractivity contribution in [1.29, 1.82) is 0 Å². The fraction of sp³-hybridized carbons (Fsp3) is 0.333. The number of hydrogen-bond donors (Lipinski definition) is 2. The predicted octanol–water partition coefficient (Wildman–Crippen LogP) is -0.873. The van der Waals surface area contributed by atoms with Crippen LogP contribution in [0.15, 0.2) is 24.3 Å². The van der Waals surface area contributed by atoms with Crippen molar-refractivity contribution in [3.05, 3.63) is 34.7 Å². The standard InChI is InChI=1S/C12H15N3/c13-12-14-7-5-11-10-4-2-1-3-9(10)6-8-15(11)12/h1-4,6,12,14H,5,7-8,13H2. The van der Waals surface area contributed by atoms with Gasteiger partial charge >= 0.3 is 0 Å². The molecule has 3 N–H and O–H groups in total. The summed E-state index contributed by atoms with van der Waals surface area (Å²) in [5, 5.41) is 5.97. The van der Waals surface area contributed by atoms with Crippen molar-refractivity contribution in [2.75, 3.05) is 13.1 Å². The summed E-state index contributed by atoms with van der Waals surface area (Å²) < 4.78 is 0. The topological polar surface area (TPSA) is 41.3 Å². The highest BCUT2D eigenvalue weighted by Gasteiger charge is 2.22. The molecule has 3 heteroatoms. The molecule has 1 aromatic carbocycles. The van der Waals surface area contributed by atoms with Crippen LogP contribution in [-0.4, -0.2) is 24.3 Å². The van der Waals surface area contributed by atoms with Gasteiger partial charge in [-0.2, -0.15) is 0 Å². The molecule has 0 amide bonds. The van der Waals surface area contributed by atoms with Crippen molar-refractivity contribution in [3.8, 4) is 0 Å². The first kappa shape index (κ1) is 8.95. The zero-order chi connectivity index (χ0) is 10.3. The second-order valence-electron chi connectivity index (χ2n) is 4.04. The maximum Gasteiger partial charge on any atom is 0.132 e. The normalized spacial score (nSPS) is 24.2. The lowest BCUT2D eigenvalue weighted by Gasteiger charge is -2.38. The second kappa shape index (κ2) is 3.36. The van der Waals surface area contributed by atoms with Gasteiger partial charge in [-0.3, -0.25) is 11.1 Å². The Morgan fingerprint density at radius 3 is 3.13 bits per heavy atom. The van der Waals surface area contributed by atoms with E-state index in [0.717, 1.165) is 19.5 Å². The smallest absolute Gasteiger partial charge is 0.132 e. The van der Waals surface area contributed by atoms with E-state index in [-0.39, 0.29) is 6.29 Å². The summed E-state index contributed by atoms with van der Waals surface area (Å²) in [4.78, 5) is 2.24. The summed E-state index contributed by atoms with van der Waals surface area (Å²) >= 11 is 0. The molecule has 1 aromatic rings. The molecule has 0 aliphatic carbocycles. The first-order valence-electron chi connectivity index (χ1n) is 5.40. The quantitative estimate of drug-likeness (QED) is 0.573. The molecule has 2 aliphatic heterocycles. The lowest BCUT2D eigenvalue weighted by atomic mass is 10.1. The van der Waals surface area contributed by atoms with Gasteiger partial charge in [0.25, 0.3) is 0 Å². The first-order chi connectivity index (χ1) is 7.36. The minimum atomic E-state index is -0.0293. The van der Waals surface area contributed by atoms with Gasteiger partial charge in [0.05, 0.1) is 0 Å². The average Bonchev–Trinajstić information content (AvgIpc) is 2.29. The van der Waals surface area contributed by atoms with E-state index in [9.17, 15) is 0 Å². The number of hydrogen-bond acceptors (Lipinski definition) is 3. The minimum absolute atomic E-state index is 0.0293. The monoisotopic (exact) mass is 201 g/mol. The molecule has 15 heavy (non-hydrogen) atoms. The van der Waals surface area contributed by atoms with Crippen LogP contribution >= 0.6 is 0 Å². The molecule has 1 unspecified atom stereocenters. The van der Waals surface area contributed by atoms with Crippen LogP contribution < -0.4 is 21.5 Å². The Balaban J connectivity index is 2.24. The van der Waals surface area contributed by atoms with Gasteiger partial charge in [-0.25, -0.2) is 0 Å². The number of rotatable bonds is 0. The van der Waals surface area contributed by atoms with Gasteiger partial charge in [0.2, 0.25) is 0 Å². The van der Waals surface area contributed by atoms with Crippen molar-refractivity contribution in [2.45, 2.75) is 12.7 Å². The molecule has 3 nitrogen and oxygen atoms in total. The Bertz CT molecular complexity index is 492. The number of nitrogens with two attached hydrogens (primary N) is 1. The summed E-state index contributed by atoms with van der Waals surface area (Å²) in [5.74, 6) is 0. The third-order valence-electron chi connectivity index (χ3n) is 3.18. The molecule has 2 heterocycles. The van der Waals surface area contributed by atoms with Crippen molar-refractivity contribution in [2.24, 2.45) is 5.73 Å². The molecule has 1 fully saturated rings. The van der Waals surface area contributed by atoms with Gasteiger partial charge < -0.3 is 4.90 Å². The average molecular weight is 201 g/mol. The van der Waals surface area contributed by atoms with E-state index in [0.29, 0.717) is 0 Å². The maximum absolute atomic E-state index is 6.02.